The van der Waals surface area contributed by atoms with Crippen molar-refractivity contribution in [2.24, 2.45) is 25.6 Å². The molecule has 2 amide bonds. The lowest BCUT2D eigenvalue weighted by atomic mass is 10.1. The van der Waals surface area contributed by atoms with E-state index in [1.165, 1.54) is 41.4 Å². The minimum Gasteiger partial charge on any atom is -0.489 e. The maximum absolute atomic E-state index is 13.3. The van der Waals surface area contributed by atoms with Gasteiger partial charge in [-0.05, 0) is 91.5 Å². The zero-order valence-electron chi connectivity index (χ0n) is 28.9. The van der Waals surface area contributed by atoms with Gasteiger partial charge in [-0.15, -0.1) is 0 Å². The van der Waals surface area contributed by atoms with Crippen LogP contribution in [0.25, 0.3) is 10.8 Å². The number of benzene rings is 5. The quantitative estimate of drug-likeness (QED) is 0.0783. The monoisotopic (exact) mass is 785 g/mol. The van der Waals surface area contributed by atoms with E-state index in [9.17, 15) is 40.6 Å². The predicted molar refractivity (Wildman–Crippen MR) is 201 cm³/mol. The molecule has 0 spiro atoms. The Bertz CT molecular complexity index is 2630. The fourth-order valence-corrected chi connectivity index (χ4v) is 6.77. The van der Waals surface area contributed by atoms with Gasteiger partial charge in [-0.25, -0.2) is 0 Å². The minimum atomic E-state index is -4.92. The first-order chi connectivity index (χ1) is 26.1. The number of aliphatic hydroxyl groups is 1. The van der Waals surface area contributed by atoms with Crippen LogP contribution in [0.15, 0.2) is 132 Å². The molecule has 19 heteroatoms. The lowest BCUT2D eigenvalue weighted by Gasteiger charge is -2.14. The van der Waals surface area contributed by atoms with E-state index in [-0.39, 0.29) is 58.3 Å². The lowest BCUT2D eigenvalue weighted by molar-refractivity contribution is -0.117. The normalized spacial score (nSPS) is 14.9. The fraction of sp³-hybridized carbons (Fsp3) is 0.139. The number of amides is 2. The van der Waals surface area contributed by atoms with Crippen molar-refractivity contribution < 1.29 is 45.4 Å². The van der Waals surface area contributed by atoms with E-state index in [1.807, 2.05) is 6.07 Å². The summed E-state index contributed by atoms with van der Waals surface area (Å²) in [4.78, 5) is 24.7. The number of aliphatic hydroxyl groups excluding tert-OH is 1. The summed E-state index contributed by atoms with van der Waals surface area (Å²) in [6.45, 7) is 2.93. The predicted octanol–water partition coefficient (Wildman–Crippen LogP) is 6.56. The van der Waals surface area contributed by atoms with Crippen molar-refractivity contribution in [3.8, 4) is 5.75 Å². The van der Waals surface area contributed by atoms with Crippen molar-refractivity contribution in [3.05, 3.63) is 108 Å². The summed E-state index contributed by atoms with van der Waals surface area (Å²) >= 11 is 0. The Morgan fingerprint density at radius 3 is 2.24 bits per heavy atom. The van der Waals surface area contributed by atoms with Gasteiger partial charge in [0.25, 0.3) is 32.1 Å². The molecule has 1 heterocycles. The number of fused-ring (bicyclic) bond motifs is 1. The molecule has 0 radical (unpaired) electrons. The van der Waals surface area contributed by atoms with Crippen LogP contribution in [0.2, 0.25) is 0 Å². The van der Waals surface area contributed by atoms with E-state index in [0.29, 0.717) is 28.7 Å². The van der Waals surface area contributed by atoms with Gasteiger partial charge in [-0.1, -0.05) is 24.3 Å². The van der Waals surface area contributed by atoms with Crippen molar-refractivity contribution in [3.63, 3.8) is 0 Å². The third-order valence-electron chi connectivity index (χ3n) is 8.13. The van der Waals surface area contributed by atoms with Crippen LogP contribution < -0.4 is 15.1 Å². The molecule has 0 saturated carbocycles. The summed E-state index contributed by atoms with van der Waals surface area (Å²) in [5.41, 5.74) is 2.97. The second-order valence-corrected chi connectivity index (χ2v) is 14.8. The fourth-order valence-electron chi connectivity index (χ4n) is 5.42. The van der Waals surface area contributed by atoms with Crippen molar-refractivity contribution in [2.75, 3.05) is 23.5 Å². The summed E-state index contributed by atoms with van der Waals surface area (Å²) in [5.74, 6) is -0.686. The first-order valence-electron chi connectivity index (χ1n) is 16.2. The Kier molecular flexibility index (Phi) is 10.9. The molecule has 0 aliphatic carbocycles. The molecular weight excluding hydrogens is 755 g/mol. The average molecular weight is 786 g/mol. The highest BCUT2D eigenvalue weighted by Gasteiger charge is 2.34. The Hall–Kier alpha value is -6.25. The third kappa shape index (κ3) is 8.77. The molecule has 4 N–H and O–H groups in total. The van der Waals surface area contributed by atoms with E-state index < -0.39 is 42.0 Å². The van der Waals surface area contributed by atoms with Gasteiger partial charge in [0.15, 0.2) is 6.04 Å². The van der Waals surface area contributed by atoms with Crippen molar-refractivity contribution in [2.45, 2.75) is 29.7 Å². The number of para-hydroxylation sites is 1. The summed E-state index contributed by atoms with van der Waals surface area (Å²) < 4.78 is 72.4. The molecule has 0 bridgehead atoms. The number of hydrogen-bond acceptors (Lipinski definition) is 13. The Morgan fingerprint density at radius 1 is 0.855 bits per heavy atom. The topological polar surface area (TPSA) is 249 Å². The third-order valence-corrected chi connectivity index (χ3v) is 9.86. The van der Waals surface area contributed by atoms with Crippen molar-refractivity contribution in [1.82, 2.24) is 0 Å². The maximum Gasteiger partial charge on any atom is 0.295 e. The van der Waals surface area contributed by atoms with Gasteiger partial charge in [0, 0.05) is 17.0 Å². The van der Waals surface area contributed by atoms with Gasteiger partial charge in [-0.2, -0.15) is 47.4 Å². The lowest BCUT2D eigenvalue weighted by Crippen LogP contribution is -2.29. The van der Waals surface area contributed by atoms with E-state index >= 15 is 0 Å². The molecule has 5 aromatic carbocycles. The summed E-state index contributed by atoms with van der Waals surface area (Å²) in [6, 6.07) is 23.0. The number of nitrogens with one attached hydrogen (secondary N) is 1. The molecule has 5 aromatic rings. The van der Waals surface area contributed by atoms with E-state index in [4.69, 9.17) is 4.74 Å². The standard InChI is InChI=1S/C36H31N7O10S2/c1-21-16-31(37-35(45)23-8-11-25(12-9-23)38-41-34-22(2)42-43(36(34)46)27-6-4-3-5-7-27)32(53-15-14-44)20-30(21)40-39-26-13-10-24-17-28(54(47,48)49)19-33(29(24)18-26)55(50,51)52/h3-13,16-20,34,44H,14-15H2,1-2H3,(H,37,45)(H,47,48,49)(H,50,51,52). The highest BCUT2D eigenvalue weighted by molar-refractivity contribution is 7.86. The Balaban J connectivity index is 1.19. The van der Waals surface area contributed by atoms with Crippen molar-refractivity contribution in [1.29, 1.82) is 0 Å². The number of carbonyl (C=O) groups excluding carboxylic acids is 2. The summed E-state index contributed by atoms with van der Waals surface area (Å²) in [5, 5.41) is 34.6. The Labute approximate surface area is 314 Å². The molecule has 0 aromatic heterocycles. The number of aryl methyl sites for hydroxylation is 1. The van der Waals surface area contributed by atoms with Gasteiger partial charge in [-0.3, -0.25) is 18.7 Å². The number of hydrogen-bond donors (Lipinski definition) is 4. The first-order valence-corrected chi connectivity index (χ1v) is 19.1. The summed E-state index contributed by atoms with van der Waals surface area (Å²) in [7, 11) is -9.71. The zero-order chi connectivity index (χ0) is 39.5. The second kappa shape index (κ2) is 15.6. The molecular formula is C36H31N7O10S2. The SMILES string of the molecule is CC1=NN(c2ccccc2)C(=O)C1N=Nc1ccc(C(=O)Nc2cc(C)c(N=Nc3ccc4cc(S(=O)(=O)O)cc(S(=O)(=O)O)c4c3)cc2OCCO)cc1. The molecule has 6 rings (SSSR count). The molecule has 1 unspecified atom stereocenters. The van der Waals surface area contributed by atoms with Gasteiger partial charge in [0.1, 0.15) is 17.3 Å². The first kappa shape index (κ1) is 38.5. The molecule has 0 saturated heterocycles. The van der Waals surface area contributed by atoms with Crippen LogP contribution in [0.4, 0.5) is 28.4 Å². The Morgan fingerprint density at radius 2 is 1.56 bits per heavy atom. The molecule has 1 aliphatic rings. The van der Waals surface area contributed by atoms with Crippen molar-refractivity contribution >= 4 is 77.0 Å². The van der Waals surface area contributed by atoms with Crippen LogP contribution in [-0.2, 0) is 25.0 Å². The molecule has 282 valence electrons. The zero-order valence-corrected chi connectivity index (χ0v) is 30.6. The van der Waals surface area contributed by atoms with Crippen LogP contribution in [0.1, 0.15) is 22.8 Å². The number of azo groups is 2. The van der Waals surface area contributed by atoms with Gasteiger partial charge in [0.2, 0.25) is 0 Å². The van der Waals surface area contributed by atoms with Gasteiger partial charge >= 0.3 is 0 Å². The van der Waals surface area contributed by atoms with Gasteiger partial charge in [0.05, 0.1) is 45.7 Å². The molecule has 17 nitrogen and oxygen atoms in total. The van der Waals surface area contributed by atoms with Crippen LogP contribution in [0.3, 0.4) is 0 Å². The molecule has 1 aliphatic heterocycles. The van der Waals surface area contributed by atoms with E-state index in [1.54, 1.807) is 56.3 Å². The highest BCUT2D eigenvalue weighted by Crippen LogP contribution is 2.36. The van der Waals surface area contributed by atoms with Crippen LogP contribution >= 0.6 is 0 Å². The number of carbonyl (C=O) groups is 2. The molecule has 1 atom stereocenters. The minimum absolute atomic E-state index is 0.0761. The number of nitrogens with zero attached hydrogens (tertiary/aromatic N) is 6. The van der Waals surface area contributed by atoms with Crippen LogP contribution in [0.5, 0.6) is 5.75 Å². The number of anilines is 2. The largest absolute Gasteiger partial charge is 0.489 e. The summed E-state index contributed by atoms with van der Waals surface area (Å²) in [6.07, 6.45) is 0. The highest BCUT2D eigenvalue weighted by atomic mass is 32.2. The van der Waals surface area contributed by atoms with Crippen LogP contribution in [0, 0.1) is 6.92 Å². The maximum atomic E-state index is 13.3. The molecule has 55 heavy (non-hydrogen) atoms. The average Bonchev–Trinajstić information content (AvgIpc) is 3.44. The van der Waals surface area contributed by atoms with Crippen LogP contribution in [-0.4, -0.2) is 67.8 Å². The number of rotatable bonds is 12. The van der Waals surface area contributed by atoms with Gasteiger partial charge < -0.3 is 15.2 Å². The number of hydrazone groups is 1. The van der Waals surface area contributed by atoms with E-state index in [2.05, 4.69) is 30.9 Å². The van der Waals surface area contributed by atoms with E-state index in [0.717, 1.165) is 6.07 Å². The second-order valence-electron chi connectivity index (χ2n) is 12.0. The molecule has 0 fully saturated rings. The smallest absolute Gasteiger partial charge is 0.295 e. The number of ether oxygens (including phenoxy) is 1.